The molecule has 0 radical (unpaired) electrons. The van der Waals surface area contributed by atoms with E-state index in [1.807, 2.05) is 17.0 Å². The lowest BCUT2D eigenvalue weighted by atomic mass is 10.1. The van der Waals surface area contributed by atoms with Gasteiger partial charge >= 0.3 is 0 Å². The topological polar surface area (TPSA) is 49.6 Å². The number of carbonyl (C=O) groups excluding carboxylic acids is 1. The zero-order chi connectivity index (χ0) is 14.7. The molecule has 4 nitrogen and oxygen atoms in total. The highest BCUT2D eigenvalue weighted by Gasteiger charge is 2.26. The second-order valence-electron chi connectivity index (χ2n) is 5.24. The van der Waals surface area contributed by atoms with Gasteiger partial charge in [0.15, 0.2) is 0 Å². The van der Waals surface area contributed by atoms with Crippen LogP contribution in [0.2, 0.25) is 0 Å². The van der Waals surface area contributed by atoms with E-state index in [0.29, 0.717) is 16.6 Å². The van der Waals surface area contributed by atoms with Crippen molar-refractivity contribution in [2.24, 2.45) is 5.73 Å². The molecule has 0 spiro atoms. The molecular formula is C15H21N3OS. The van der Waals surface area contributed by atoms with Gasteiger partial charge in [-0.05, 0) is 25.6 Å². The fraction of sp³-hybridized carbons (Fsp3) is 0.467. The normalized spacial score (nSPS) is 19.9. The zero-order valence-corrected chi connectivity index (χ0v) is 12.8. The van der Waals surface area contributed by atoms with Gasteiger partial charge in [0.1, 0.15) is 4.99 Å². The first-order valence-corrected chi connectivity index (χ1v) is 7.33. The number of benzene rings is 1. The maximum absolute atomic E-state index is 12.5. The Morgan fingerprint density at radius 1 is 1.30 bits per heavy atom. The first-order valence-electron chi connectivity index (χ1n) is 6.92. The van der Waals surface area contributed by atoms with E-state index in [0.717, 1.165) is 31.6 Å². The van der Waals surface area contributed by atoms with Crippen LogP contribution in [-0.2, 0) is 0 Å². The van der Waals surface area contributed by atoms with E-state index in [4.69, 9.17) is 18.0 Å². The van der Waals surface area contributed by atoms with Crippen molar-refractivity contribution in [2.45, 2.75) is 19.4 Å². The molecule has 1 aliphatic rings. The van der Waals surface area contributed by atoms with Crippen LogP contribution in [-0.4, -0.2) is 53.4 Å². The number of amides is 1. The Labute approximate surface area is 125 Å². The molecule has 1 aromatic carbocycles. The molecule has 20 heavy (non-hydrogen) atoms. The third kappa shape index (κ3) is 3.16. The van der Waals surface area contributed by atoms with Gasteiger partial charge in [0.05, 0.1) is 0 Å². The highest BCUT2D eigenvalue weighted by molar-refractivity contribution is 7.80. The van der Waals surface area contributed by atoms with E-state index < -0.39 is 0 Å². The van der Waals surface area contributed by atoms with Crippen LogP contribution in [0.15, 0.2) is 24.3 Å². The number of hydrogen-bond acceptors (Lipinski definition) is 3. The smallest absolute Gasteiger partial charge is 0.253 e. The average Bonchev–Trinajstić information content (AvgIpc) is 2.47. The van der Waals surface area contributed by atoms with Gasteiger partial charge in [-0.25, -0.2) is 0 Å². The lowest BCUT2D eigenvalue weighted by Crippen LogP contribution is -2.52. The summed E-state index contributed by atoms with van der Waals surface area (Å²) in [6.45, 7) is 4.66. The van der Waals surface area contributed by atoms with E-state index in [2.05, 4.69) is 18.9 Å². The van der Waals surface area contributed by atoms with E-state index in [-0.39, 0.29) is 5.91 Å². The minimum Gasteiger partial charge on any atom is -0.389 e. The summed E-state index contributed by atoms with van der Waals surface area (Å²) in [4.78, 5) is 17.1. The summed E-state index contributed by atoms with van der Waals surface area (Å²) in [5.74, 6) is 0.0889. The van der Waals surface area contributed by atoms with Crippen LogP contribution in [0.25, 0.3) is 0 Å². The number of nitrogens with two attached hydrogens (primary N) is 1. The van der Waals surface area contributed by atoms with Gasteiger partial charge in [-0.2, -0.15) is 0 Å². The van der Waals surface area contributed by atoms with E-state index in [1.54, 1.807) is 12.1 Å². The lowest BCUT2D eigenvalue weighted by Gasteiger charge is -2.39. The van der Waals surface area contributed by atoms with Crippen molar-refractivity contribution in [1.29, 1.82) is 0 Å². The van der Waals surface area contributed by atoms with Crippen LogP contribution in [0.4, 0.5) is 0 Å². The van der Waals surface area contributed by atoms with Gasteiger partial charge in [0.25, 0.3) is 5.91 Å². The molecule has 1 saturated heterocycles. The summed E-state index contributed by atoms with van der Waals surface area (Å²) < 4.78 is 0. The zero-order valence-electron chi connectivity index (χ0n) is 12.0. The summed E-state index contributed by atoms with van der Waals surface area (Å²) >= 11 is 4.92. The Bertz CT molecular complexity index is 500. The van der Waals surface area contributed by atoms with Crippen molar-refractivity contribution < 1.29 is 4.79 Å². The summed E-state index contributed by atoms with van der Waals surface area (Å²) in [5, 5.41) is 0. The van der Waals surface area contributed by atoms with Crippen LogP contribution in [0, 0.1) is 0 Å². The number of carbonyl (C=O) groups is 1. The maximum atomic E-state index is 12.5. The van der Waals surface area contributed by atoms with Crippen molar-refractivity contribution >= 4 is 23.1 Å². The molecule has 1 unspecified atom stereocenters. The molecule has 1 atom stereocenters. The first-order chi connectivity index (χ1) is 9.52. The molecule has 1 fully saturated rings. The molecular weight excluding hydrogens is 270 g/mol. The monoisotopic (exact) mass is 291 g/mol. The van der Waals surface area contributed by atoms with Crippen molar-refractivity contribution in [3.05, 3.63) is 35.4 Å². The average molecular weight is 291 g/mol. The van der Waals surface area contributed by atoms with E-state index in [9.17, 15) is 4.79 Å². The molecule has 2 rings (SSSR count). The second kappa shape index (κ2) is 6.33. The Kier molecular flexibility index (Phi) is 4.73. The van der Waals surface area contributed by atoms with Gasteiger partial charge in [-0.15, -0.1) is 0 Å². The second-order valence-corrected chi connectivity index (χ2v) is 5.68. The molecule has 1 amide bonds. The van der Waals surface area contributed by atoms with E-state index >= 15 is 0 Å². The quantitative estimate of drug-likeness (QED) is 0.857. The SMILES string of the molecule is CCC1CN(C(=O)c2ccc(C(N)=S)cc2)CCN1C. The van der Waals surface area contributed by atoms with Crippen molar-refractivity contribution in [3.8, 4) is 0 Å². The Hall–Kier alpha value is -1.46. The summed E-state index contributed by atoms with van der Waals surface area (Å²) in [7, 11) is 2.12. The van der Waals surface area contributed by atoms with Gasteiger partial charge in [0.2, 0.25) is 0 Å². The van der Waals surface area contributed by atoms with Crippen LogP contribution in [0.3, 0.4) is 0 Å². The minimum atomic E-state index is 0.0889. The molecule has 0 saturated carbocycles. The van der Waals surface area contributed by atoms with Crippen LogP contribution in [0.5, 0.6) is 0 Å². The van der Waals surface area contributed by atoms with Gasteiger partial charge in [-0.3, -0.25) is 9.69 Å². The number of nitrogens with zero attached hydrogens (tertiary/aromatic N) is 2. The van der Waals surface area contributed by atoms with Gasteiger partial charge in [-0.1, -0.05) is 31.3 Å². The third-order valence-corrected chi connectivity index (χ3v) is 4.19. The lowest BCUT2D eigenvalue weighted by molar-refractivity contribution is 0.0542. The minimum absolute atomic E-state index is 0.0889. The molecule has 0 aliphatic carbocycles. The molecule has 0 bridgehead atoms. The fourth-order valence-electron chi connectivity index (χ4n) is 2.53. The summed E-state index contributed by atoms with van der Waals surface area (Å²) in [6.07, 6.45) is 1.06. The van der Waals surface area contributed by atoms with Crippen molar-refractivity contribution in [1.82, 2.24) is 9.80 Å². The van der Waals surface area contributed by atoms with Gasteiger partial charge in [0, 0.05) is 36.8 Å². The molecule has 108 valence electrons. The van der Waals surface area contributed by atoms with E-state index in [1.165, 1.54) is 0 Å². The number of likely N-dealkylation sites (N-methyl/N-ethyl adjacent to an activating group) is 1. The largest absolute Gasteiger partial charge is 0.389 e. The highest BCUT2D eigenvalue weighted by Crippen LogP contribution is 2.14. The predicted molar refractivity (Wildman–Crippen MR) is 84.9 cm³/mol. The number of thiocarbonyl (C=S) groups is 1. The summed E-state index contributed by atoms with van der Waals surface area (Å²) in [6, 6.07) is 7.67. The van der Waals surface area contributed by atoms with Crippen molar-refractivity contribution in [2.75, 3.05) is 26.7 Å². The maximum Gasteiger partial charge on any atom is 0.253 e. The molecule has 1 aromatic rings. The van der Waals surface area contributed by atoms with Crippen LogP contribution in [0.1, 0.15) is 29.3 Å². The highest BCUT2D eigenvalue weighted by atomic mass is 32.1. The molecule has 1 heterocycles. The number of hydrogen-bond donors (Lipinski definition) is 1. The number of rotatable bonds is 3. The van der Waals surface area contributed by atoms with Gasteiger partial charge < -0.3 is 10.6 Å². The van der Waals surface area contributed by atoms with Crippen LogP contribution >= 0.6 is 12.2 Å². The predicted octanol–water partition coefficient (Wildman–Crippen LogP) is 1.49. The molecule has 5 heteroatoms. The fourth-order valence-corrected chi connectivity index (χ4v) is 2.67. The Morgan fingerprint density at radius 3 is 2.45 bits per heavy atom. The molecule has 1 aliphatic heterocycles. The molecule has 2 N–H and O–H groups in total. The van der Waals surface area contributed by atoms with Crippen LogP contribution < -0.4 is 5.73 Å². The summed E-state index contributed by atoms with van der Waals surface area (Å²) in [5.41, 5.74) is 7.06. The third-order valence-electron chi connectivity index (χ3n) is 3.95. The standard InChI is InChI=1S/C15H21N3OS/c1-3-13-10-18(9-8-17(13)2)15(19)12-6-4-11(5-7-12)14(16)20/h4-7,13H,3,8-10H2,1-2H3,(H2,16,20). The Balaban J connectivity index is 2.09. The number of piperazine rings is 1. The van der Waals surface area contributed by atoms with Crippen molar-refractivity contribution in [3.63, 3.8) is 0 Å². The molecule has 0 aromatic heterocycles. The first kappa shape index (κ1) is 14.9. The Morgan fingerprint density at radius 2 is 1.90 bits per heavy atom.